The molecule has 102 valence electrons. The summed E-state index contributed by atoms with van der Waals surface area (Å²) in [6.07, 6.45) is -6.59. The van der Waals surface area contributed by atoms with Crippen molar-refractivity contribution in [2.45, 2.75) is 26.1 Å². The van der Waals surface area contributed by atoms with Gasteiger partial charge in [-0.3, -0.25) is 0 Å². The van der Waals surface area contributed by atoms with Crippen LogP contribution < -0.4 is 4.74 Å². The van der Waals surface area contributed by atoms with Crippen molar-refractivity contribution in [1.82, 2.24) is 0 Å². The van der Waals surface area contributed by atoms with Crippen LogP contribution in [-0.4, -0.2) is 12.3 Å². The number of benzene rings is 1. The average Bonchev–Trinajstić information content (AvgIpc) is 2.28. The Balaban J connectivity index is 2.82. The molecule has 1 aromatic carbocycles. The maximum absolute atomic E-state index is 12.6. The maximum atomic E-state index is 12.6. The molecule has 0 saturated carbocycles. The number of hydrogen-bond donors (Lipinski definition) is 0. The van der Waals surface area contributed by atoms with Crippen LogP contribution in [0.1, 0.15) is 19.4 Å². The molecule has 19 heavy (non-hydrogen) atoms. The molecule has 0 bridgehead atoms. The number of ether oxygens (including phenoxy) is 2. The second kappa shape index (κ2) is 6.14. The van der Waals surface area contributed by atoms with Crippen LogP contribution in [0.3, 0.4) is 0 Å². The van der Waals surface area contributed by atoms with Gasteiger partial charge in [0.1, 0.15) is 5.75 Å². The minimum atomic E-state index is -4.61. The first-order chi connectivity index (χ1) is 8.84. The van der Waals surface area contributed by atoms with Crippen LogP contribution in [0.25, 0.3) is 0 Å². The summed E-state index contributed by atoms with van der Waals surface area (Å²) in [5.41, 5.74) is -1.04. The summed E-state index contributed by atoms with van der Waals surface area (Å²) in [5, 5.41) is 0. The Bertz CT molecular complexity index is 512. The third kappa shape index (κ3) is 4.54. The zero-order valence-corrected chi connectivity index (χ0v) is 10.2. The molecule has 0 aliphatic carbocycles. The predicted molar refractivity (Wildman–Crippen MR) is 61.5 cm³/mol. The average molecular weight is 272 g/mol. The molecule has 0 fully saturated rings. The molecule has 1 rings (SSSR count). The van der Waals surface area contributed by atoms with Crippen LogP contribution in [0.15, 0.2) is 24.3 Å². The van der Waals surface area contributed by atoms with Crippen LogP contribution in [0, 0.1) is 11.8 Å². The SMILES string of the molecule is CC#CC(C)OC(=O)Oc1ccccc1C(F)(F)F. The van der Waals surface area contributed by atoms with Gasteiger partial charge in [0.2, 0.25) is 0 Å². The van der Waals surface area contributed by atoms with E-state index in [0.717, 1.165) is 12.1 Å². The Morgan fingerprint density at radius 2 is 1.95 bits per heavy atom. The third-order valence-corrected chi connectivity index (χ3v) is 2.01. The van der Waals surface area contributed by atoms with Gasteiger partial charge in [0.05, 0.1) is 5.56 Å². The smallest absolute Gasteiger partial charge is 0.418 e. The fourth-order valence-electron chi connectivity index (χ4n) is 1.28. The molecule has 1 aromatic rings. The highest BCUT2D eigenvalue weighted by Gasteiger charge is 2.34. The van der Waals surface area contributed by atoms with Crippen molar-refractivity contribution in [3.05, 3.63) is 29.8 Å². The summed E-state index contributed by atoms with van der Waals surface area (Å²) in [4.78, 5) is 11.3. The van der Waals surface area contributed by atoms with E-state index in [9.17, 15) is 18.0 Å². The molecule has 0 aromatic heterocycles. The molecular weight excluding hydrogens is 261 g/mol. The van der Waals surface area contributed by atoms with Crippen molar-refractivity contribution in [2.75, 3.05) is 0 Å². The molecule has 0 amide bonds. The molecule has 0 aliphatic rings. The van der Waals surface area contributed by atoms with E-state index >= 15 is 0 Å². The third-order valence-electron chi connectivity index (χ3n) is 2.01. The van der Waals surface area contributed by atoms with Gasteiger partial charge in [-0.25, -0.2) is 4.79 Å². The molecule has 1 atom stereocenters. The van der Waals surface area contributed by atoms with E-state index in [1.165, 1.54) is 19.1 Å². The van der Waals surface area contributed by atoms with Crippen molar-refractivity contribution < 1.29 is 27.4 Å². The number of hydrogen-bond acceptors (Lipinski definition) is 3. The predicted octanol–water partition coefficient (Wildman–Crippen LogP) is 3.63. The minimum Gasteiger partial charge on any atom is -0.418 e. The summed E-state index contributed by atoms with van der Waals surface area (Å²) in [6.45, 7) is 3.03. The first-order valence-corrected chi connectivity index (χ1v) is 5.31. The Labute approximate surface area is 108 Å². The Kier molecular flexibility index (Phi) is 4.81. The molecule has 0 spiro atoms. The van der Waals surface area contributed by atoms with Crippen molar-refractivity contribution in [1.29, 1.82) is 0 Å². The van der Waals surface area contributed by atoms with Gasteiger partial charge >= 0.3 is 12.3 Å². The lowest BCUT2D eigenvalue weighted by Crippen LogP contribution is -2.18. The van der Waals surface area contributed by atoms with Crippen LogP contribution in [-0.2, 0) is 10.9 Å². The molecule has 0 N–H and O–H groups in total. The summed E-state index contributed by atoms with van der Waals surface area (Å²) in [6, 6.07) is 4.39. The van der Waals surface area contributed by atoms with Crippen LogP contribution in [0.5, 0.6) is 5.75 Å². The standard InChI is InChI=1S/C13H11F3O3/c1-3-6-9(2)18-12(17)19-11-8-5-4-7-10(11)13(14,15)16/h4-5,7-9H,1-2H3. The quantitative estimate of drug-likeness (QED) is 0.468. The lowest BCUT2D eigenvalue weighted by molar-refractivity contribution is -0.138. The summed E-state index contributed by atoms with van der Waals surface area (Å²) < 4.78 is 47.1. The van der Waals surface area contributed by atoms with E-state index in [-0.39, 0.29) is 0 Å². The maximum Gasteiger partial charge on any atom is 0.515 e. The van der Waals surface area contributed by atoms with Crippen molar-refractivity contribution in [3.8, 4) is 17.6 Å². The van der Waals surface area contributed by atoms with Gasteiger partial charge in [0, 0.05) is 0 Å². The molecule has 0 saturated heterocycles. The van der Waals surface area contributed by atoms with Crippen molar-refractivity contribution in [3.63, 3.8) is 0 Å². The molecule has 1 unspecified atom stereocenters. The lowest BCUT2D eigenvalue weighted by atomic mass is 10.2. The van der Waals surface area contributed by atoms with E-state index in [1.807, 2.05) is 0 Å². The van der Waals surface area contributed by atoms with Gasteiger partial charge < -0.3 is 9.47 Å². The van der Waals surface area contributed by atoms with E-state index in [4.69, 9.17) is 0 Å². The van der Waals surface area contributed by atoms with Gasteiger partial charge in [0.25, 0.3) is 0 Å². The van der Waals surface area contributed by atoms with Crippen LogP contribution in [0.2, 0.25) is 0 Å². The van der Waals surface area contributed by atoms with E-state index < -0.39 is 29.7 Å². The number of para-hydroxylation sites is 1. The Hall–Kier alpha value is -2.16. The summed E-state index contributed by atoms with van der Waals surface area (Å²) in [5.74, 6) is 4.42. The second-order valence-corrected chi connectivity index (χ2v) is 3.50. The number of rotatable bonds is 2. The number of alkyl halides is 3. The van der Waals surface area contributed by atoms with Crippen LogP contribution in [0.4, 0.5) is 18.0 Å². The topological polar surface area (TPSA) is 35.5 Å². The van der Waals surface area contributed by atoms with Crippen molar-refractivity contribution in [2.24, 2.45) is 0 Å². The molecule has 0 radical (unpaired) electrons. The zero-order valence-electron chi connectivity index (χ0n) is 10.2. The van der Waals surface area contributed by atoms with E-state index in [1.54, 1.807) is 6.92 Å². The molecule has 6 heteroatoms. The lowest BCUT2D eigenvalue weighted by Gasteiger charge is -2.13. The Morgan fingerprint density at radius 1 is 1.32 bits per heavy atom. The highest BCUT2D eigenvalue weighted by molar-refractivity contribution is 5.65. The summed E-state index contributed by atoms with van der Waals surface area (Å²) >= 11 is 0. The minimum absolute atomic E-state index is 0.600. The van der Waals surface area contributed by atoms with Gasteiger partial charge in [-0.05, 0) is 26.0 Å². The second-order valence-electron chi connectivity index (χ2n) is 3.50. The molecular formula is C13H11F3O3. The van der Waals surface area contributed by atoms with Gasteiger partial charge in [0.15, 0.2) is 6.10 Å². The molecule has 0 aliphatic heterocycles. The number of carbonyl (C=O) groups is 1. The highest BCUT2D eigenvalue weighted by atomic mass is 19.4. The molecule has 3 nitrogen and oxygen atoms in total. The molecule has 0 heterocycles. The first kappa shape index (κ1) is 14.9. The van der Waals surface area contributed by atoms with Crippen LogP contribution >= 0.6 is 0 Å². The van der Waals surface area contributed by atoms with Gasteiger partial charge in [-0.2, -0.15) is 13.2 Å². The largest absolute Gasteiger partial charge is 0.515 e. The van der Waals surface area contributed by atoms with Gasteiger partial charge in [-0.15, -0.1) is 5.92 Å². The van der Waals surface area contributed by atoms with E-state index in [2.05, 4.69) is 21.3 Å². The normalized spacial score (nSPS) is 12.1. The Morgan fingerprint density at radius 3 is 2.53 bits per heavy atom. The zero-order chi connectivity index (χ0) is 14.5. The van der Waals surface area contributed by atoms with Gasteiger partial charge in [-0.1, -0.05) is 18.1 Å². The fraction of sp³-hybridized carbons (Fsp3) is 0.308. The number of carbonyl (C=O) groups excluding carboxylic acids is 1. The summed E-state index contributed by atoms with van der Waals surface area (Å²) in [7, 11) is 0. The fourth-order valence-corrected chi connectivity index (χ4v) is 1.28. The number of halogens is 3. The highest BCUT2D eigenvalue weighted by Crippen LogP contribution is 2.35. The van der Waals surface area contributed by atoms with Crippen molar-refractivity contribution >= 4 is 6.16 Å². The monoisotopic (exact) mass is 272 g/mol. The van der Waals surface area contributed by atoms with E-state index in [0.29, 0.717) is 0 Å². The first-order valence-electron chi connectivity index (χ1n) is 5.31.